The number of carboxylic acid groups (broad SMARTS) is 4. The zero-order valence-corrected chi connectivity index (χ0v) is 35.9. The summed E-state index contributed by atoms with van der Waals surface area (Å²) in [5.74, 6) is -6.91. The maximum atomic E-state index is 12.3. The van der Waals surface area contributed by atoms with Crippen LogP contribution in [0.5, 0.6) is 0 Å². The molecule has 2 amide bonds. The number of H-pyrrole nitrogens is 2. The number of aromatic nitrogens is 8. The Balaban J connectivity index is 0.000000280. The van der Waals surface area contributed by atoms with Crippen LogP contribution in [0, 0.1) is 0 Å². The van der Waals surface area contributed by atoms with Crippen LogP contribution in [0.2, 0.25) is 0 Å². The number of nitrogens with two attached hydrogens (primary N) is 2. The number of nitrogens with zero attached hydrogens (tertiary/aromatic N) is 6. The molecule has 65 heavy (non-hydrogen) atoms. The number of anilines is 4. The van der Waals surface area contributed by atoms with Gasteiger partial charge in [-0.15, -0.1) is 0 Å². The van der Waals surface area contributed by atoms with Crippen LogP contribution in [-0.2, 0) is 32.3 Å². The molecule has 0 aliphatic rings. The van der Waals surface area contributed by atoms with Crippen molar-refractivity contribution < 1.29 is 49.2 Å². The molecule has 2 aromatic carbocycles. The van der Waals surface area contributed by atoms with Gasteiger partial charge in [-0.1, -0.05) is 0 Å². The second-order valence-electron chi connectivity index (χ2n) is 13.4. The number of carbonyl (C=O) groups excluding carboxylic acids is 4. The van der Waals surface area contributed by atoms with Crippen molar-refractivity contribution in [1.29, 1.82) is 0 Å². The van der Waals surface area contributed by atoms with Gasteiger partial charge >= 0.3 is 49.7 Å². The molecule has 0 radical (unpaired) electrons. The van der Waals surface area contributed by atoms with E-state index in [1.54, 1.807) is 24.3 Å². The number of rotatable bonds is 18. The third kappa shape index (κ3) is 14.6. The van der Waals surface area contributed by atoms with E-state index in [1.807, 2.05) is 0 Å². The number of aliphatic carboxylic acids is 4. The summed E-state index contributed by atoms with van der Waals surface area (Å²) >= 11 is 0. The largest absolute Gasteiger partial charge is 2.00 e. The molecule has 27 heteroatoms. The first kappa shape index (κ1) is 49.8. The summed E-state index contributed by atoms with van der Waals surface area (Å²) in [6.07, 6.45) is 1.32. The number of carbonyl (C=O) groups is 6. The normalized spacial score (nSPS) is 11.4. The van der Waals surface area contributed by atoms with Crippen molar-refractivity contribution in [3.63, 3.8) is 0 Å². The van der Waals surface area contributed by atoms with Gasteiger partial charge in [0.15, 0.2) is 22.3 Å². The van der Waals surface area contributed by atoms with E-state index >= 15 is 0 Å². The number of carboxylic acids is 4. The molecule has 6 rings (SSSR count). The van der Waals surface area contributed by atoms with Crippen LogP contribution in [0.1, 0.15) is 57.8 Å². The number of amides is 2. The third-order valence-electron chi connectivity index (χ3n) is 8.69. The Bertz CT molecular complexity index is 2650. The van der Waals surface area contributed by atoms with E-state index in [2.05, 4.69) is 61.1 Å². The summed E-state index contributed by atoms with van der Waals surface area (Å²) < 4.78 is 0. The smallest absolute Gasteiger partial charge is 0.550 e. The average molecular weight is 921 g/mol. The average Bonchev–Trinajstić information content (AvgIpc) is 3.25. The van der Waals surface area contributed by atoms with E-state index in [9.17, 15) is 48.6 Å². The summed E-state index contributed by atoms with van der Waals surface area (Å²) in [6.45, 7) is 0.450. The van der Waals surface area contributed by atoms with Crippen LogP contribution < -0.4 is 54.1 Å². The Morgan fingerprint density at radius 2 is 0.954 bits per heavy atom. The maximum absolute atomic E-state index is 12.3. The van der Waals surface area contributed by atoms with E-state index < -0.39 is 71.7 Å². The SMILES string of the molecule is Nc1nc2ncc(CNc3ccc(C(=O)NC(CCC(=O)[O-])C(=O)O)cc3)nc2c(=O)[nH]1.Nc1nc2ncc(CNc3ccc(C(=O)NC(CCC(=O)[O-])C(=O)O)cc3)nc2c(=O)[nH]1.[Ca+2]. The van der Waals surface area contributed by atoms with Crippen LogP contribution in [0.4, 0.5) is 23.3 Å². The number of aromatic amines is 2. The molecule has 26 nitrogen and oxygen atoms in total. The van der Waals surface area contributed by atoms with E-state index in [0.717, 1.165) is 0 Å². The molecule has 0 fully saturated rings. The standard InChI is InChI=1S/2C19H19N7O6.Ca/c2*20-19-25-15-14(17(30)26-19)23-11(8-22-15)7-21-10-3-1-9(2-4-10)16(29)24-12(18(31)32)5-6-13(27)28;/h2*1-4,8,12,21H,5-7H2,(H,24,29)(H,27,28)(H,31,32)(H3,20,22,25,26,30);/q;;+2/p-2. The van der Waals surface area contributed by atoms with Gasteiger partial charge in [0.05, 0.1) is 36.9 Å². The van der Waals surface area contributed by atoms with Gasteiger partial charge in [-0.25, -0.2) is 29.5 Å². The minimum atomic E-state index is -1.40. The zero-order chi connectivity index (χ0) is 46.5. The molecule has 0 aliphatic heterocycles. The van der Waals surface area contributed by atoms with Crippen LogP contribution in [-0.4, -0.2) is 136 Å². The quantitative estimate of drug-likeness (QED) is 0.0381. The number of fused-ring (bicyclic) bond motifs is 2. The first-order valence-corrected chi connectivity index (χ1v) is 18.6. The number of hydrogen-bond donors (Lipinski definition) is 10. The van der Waals surface area contributed by atoms with E-state index in [1.165, 1.54) is 36.7 Å². The molecule has 4 aromatic heterocycles. The molecular weight excluding hydrogens is 885 g/mol. The van der Waals surface area contributed by atoms with E-state index in [0.29, 0.717) is 22.8 Å². The van der Waals surface area contributed by atoms with Crippen LogP contribution >= 0.6 is 0 Å². The molecule has 0 saturated carbocycles. The summed E-state index contributed by atoms with van der Waals surface area (Å²) in [5, 5.41) is 49.9. The molecule has 12 N–H and O–H groups in total. The van der Waals surface area contributed by atoms with Crippen molar-refractivity contribution in [3.8, 4) is 0 Å². The van der Waals surface area contributed by atoms with E-state index in [4.69, 9.17) is 21.7 Å². The van der Waals surface area contributed by atoms with Gasteiger partial charge in [-0.3, -0.25) is 29.1 Å². The number of nitrogen functional groups attached to an aromatic ring is 2. The predicted octanol–water partition coefficient (Wildman–Crippen LogP) is -3.14. The fourth-order valence-corrected chi connectivity index (χ4v) is 5.50. The topological polar surface area (TPSA) is 432 Å². The third-order valence-corrected chi connectivity index (χ3v) is 8.69. The van der Waals surface area contributed by atoms with Gasteiger partial charge in [0.1, 0.15) is 12.1 Å². The second kappa shape index (κ2) is 23.0. The van der Waals surface area contributed by atoms with Gasteiger partial charge < -0.3 is 62.7 Å². The molecule has 332 valence electrons. The maximum Gasteiger partial charge on any atom is 2.00 e. The number of benzene rings is 2. The van der Waals surface area contributed by atoms with Crippen LogP contribution in [0.15, 0.2) is 70.5 Å². The minimum Gasteiger partial charge on any atom is -0.550 e. The Morgan fingerprint density at radius 1 is 0.600 bits per heavy atom. The fourth-order valence-electron chi connectivity index (χ4n) is 5.50. The molecule has 0 bridgehead atoms. The number of hydrogen-bond acceptors (Lipinski definition) is 20. The Morgan fingerprint density at radius 3 is 1.28 bits per heavy atom. The molecule has 2 unspecified atom stereocenters. The molecule has 0 aliphatic carbocycles. The van der Waals surface area contributed by atoms with Crippen molar-refractivity contribution in [3.05, 3.63) is 104 Å². The summed E-state index contributed by atoms with van der Waals surface area (Å²) in [5.41, 5.74) is 12.9. The van der Waals surface area contributed by atoms with Gasteiger partial charge in [0, 0.05) is 34.4 Å². The first-order chi connectivity index (χ1) is 30.4. The van der Waals surface area contributed by atoms with Crippen molar-refractivity contribution in [2.24, 2.45) is 0 Å². The zero-order valence-electron chi connectivity index (χ0n) is 33.7. The fraction of sp³-hybridized carbons (Fsp3) is 0.211. The monoisotopic (exact) mass is 920 g/mol. The first-order valence-electron chi connectivity index (χ1n) is 18.6. The van der Waals surface area contributed by atoms with Crippen molar-refractivity contribution in [1.82, 2.24) is 50.5 Å². The summed E-state index contributed by atoms with van der Waals surface area (Å²) in [6, 6.07) is 9.56. The van der Waals surface area contributed by atoms with Crippen LogP contribution in [0.3, 0.4) is 0 Å². The van der Waals surface area contributed by atoms with Crippen molar-refractivity contribution >= 4 is 119 Å². The van der Waals surface area contributed by atoms with Gasteiger partial charge in [-0.05, 0) is 74.2 Å². The molecular formula is C38H36CaN14O12. The molecule has 6 aromatic rings. The van der Waals surface area contributed by atoms with Crippen molar-refractivity contribution in [2.75, 3.05) is 22.1 Å². The predicted molar refractivity (Wildman–Crippen MR) is 224 cm³/mol. The Hall–Kier alpha value is -7.84. The Kier molecular flexibility index (Phi) is 17.6. The van der Waals surface area contributed by atoms with Crippen LogP contribution in [0.25, 0.3) is 22.3 Å². The van der Waals surface area contributed by atoms with Gasteiger partial charge in [0.25, 0.3) is 22.9 Å². The molecule has 2 atom stereocenters. The molecule has 4 heterocycles. The Labute approximate surface area is 393 Å². The van der Waals surface area contributed by atoms with E-state index in [-0.39, 0.29) is 109 Å². The second-order valence-corrected chi connectivity index (χ2v) is 13.4. The minimum absolute atomic E-state index is 0. The summed E-state index contributed by atoms with van der Waals surface area (Å²) in [7, 11) is 0. The van der Waals surface area contributed by atoms with Gasteiger partial charge in [-0.2, -0.15) is 9.97 Å². The molecule has 0 spiro atoms. The number of nitrogens with one attached hydrogen (secondary N) is 6. The molecule has 0 saturated heterocycles. The summed E-state index contributed by atoms with van der Waals surface area (Å²) in [4.78, 5) is 121. The van der Waals surface area contributed by atoms with Gasteiger partial charge in [0.2, 0.25) is 11.9 Å². The van der Waals surface area contributed by atoms with Crippen molar-refractivity contribution in [2.45, 2.75) is 50.9 Å².